The molecule has 1 aliphatic rings. The molecule has 5 N–H and O–H groups in total. The molecule has 0 amide bonds. The fourth-order valence-corrected chi connectivity index (χ4v) is 3.49. The van der Waals surface area contributed by atoms with Crippen LogP contribution in [-0.4, -0.2) is 15.2 Å². The van der Waals surface area contributed by atoms with Gasteiger partial charge in [-0.2, -0.15) is 0 Å². The van der Waals surface area contributed by atoms with E-state index in [1.807, 2.05) is 35.6 Å². The quantitative estimate of drug-likeness (QED) is 0.327. The van der Waals surface area contributed by atoms with Crippen molar-refractivity contribution < 1.29 is 5.32 Å². The number of nitrogens with two attached hydrogens (primary N) is 2. The highest BCUT2D eigenvalue weighted by Crippen LogP contribution is 2.27. The van der Waals surface area contributed by atoms with Gasteiger partial charge in [0.2, 0.25) is 0 Å². The molecule has 0 fully saturated rings. The predicted octanol–water partition coefficient (Wildman–Crippen LogP) is 1.02. The maximum Gasteiger partial charge on any atom is 0.273 e. The first-order valence-electron chi connectivity index (χ1n) is 8.12. The lowest BCUT2D eigenvalue weighted by molar-refractivity contribution is -0.477. The monoisotopic (exact) mass is 344 g/mol. The zero-order chi connectivity index (χ0) is 17.8. The SMILES string of the molecule is NC1=Nc2ccccc2[NH2+]c2cc(=O)n3c(c21)c(=O)[nH]c1ccccc13. The van der Waals surface area contributed by atoms with Crippen LogP contribution in [0.5, 0.6) is 0 Å². The summed E-state index contributed by atoms with van der Waals surface area (Å²) in [7, 11) is 0. The van der Waals surface area contributed by atoms with E-state index >= 15 is 0 Å². The number of nitrogens with zero attached hydrogens (tertiary/aromatic N) is 2. The van der Waals surface area contributed by atoms with E-state index in [0.717, 1.165) is 5.69 Å². The van der Waals surface area contributed by atoms with Crippen molar-refractivity contribution in [2.24, 2.45) is 10.7 Å². The topological polar surface area (TPSA) is 109 Å². The minimum Gasteiger partial charge on any atom is -0.383 e. The number of aromatic nitrogens is 2. The summed E-state index contributed by atoms with van der Waals surface area (Å²) in [5.74, 6) is 0.208. The number of nitrogens with one attached hydrogen (secondary N) is 1. The van der Waals surface area contributed by atoms with E-state index in [1.54, 1.807) is 18.2 Å². The standard InChI is InChI=1S/C19H13N5O2/c20-18-16-13(21-10-5-1-2-6-11(10)22-18)9-15(25)24-14-8-4-3-7-12(14)23-19(26)17(16)24/h1-9,21H,(H2,20,22)(H,23,26)/p+1. The van der Waals surface area contributed by atoms with Gasteiger partial charge in [0.1, 0.15) is 22.6 Å². The van der Waals surface area contributed by atoms with Gasteiger partial charge in [0, 0.05) is 6.07 Å². The van der Waals surface area contributed by atoms with Crippen LogP contribution in [0.2, 0.25) is 0 Å². The molecule has 0 bridgehead atoms. The lowest BCUT2D eigenvalue weighted by atomic mass is 10.1. The molecule has 126 valence electrons. The second-order valence-corrected chi connectivity index (χ2v) is 6.17. The number of H-pyrrole nitrogens is 1. The van der Waals surface area contributed by atoms with Gasteiger partial charge in [-0.15, -0.1) is 0 Å². The number of hydrogen-bond donors (Lipinski definition) is 3. The highest BCUT2D eigenvalue weighted by molar-refractivity contribution is 6.09. The Bertz CT molecular complexity index is 1360. The molecule has 2 aromatic heterocycles. The van der Waals surface area contributed by atoms with Crippen LogP contribution < -0.4 is 22.2 Å². The number of quaternary nitrogens is 1. The molecule has 2 aromatic carbocycles. The molecule has 0 radical (unpaired) electrons. The third-order valence-corrected chi connectivity index (χ3v) is 4.60. The van der Waals surface area contributed by atoms with E-state index in [0.29, 0.717) is 28.0 Å². The summed E-state index contributed by atoms with van der Waals surface area (Å²) in [6.45, 7) is 0. The number of benzene rings is 2. The zero-order valence-electron chi connectivity index (χ0n) is 13.6. The van der Waals surface area contributed by atoms with E-state index < -0.39 is 0 Å². The predicted molar refractivity (Wildman–Crippen MR) is 99.9 cm³/mol. The largest absolute Gasteiger partial charge is 0.383 e. The summed E-state index contributed by atoms with van der Waals surface area (Å²) in [4.78, 5) is 33.0. The van der Waals surface area contributed by atoms with Gasteiger partial charge in [-0.25, -0.2) is 4.99 Å². The summed E-state index contributed by atoms with van der Waals surface area (Å²) in [6.07, 6.45) is 0. The summed E-state index contributed by atoms with van der Waals surface area (Å²) < 4.78 is 1.40. The minimum absolute atomic E-state index is 0.205. The molecule has 4 aromatic rings. The van der Waals surface area contributed by atoms with Crippen molar-refractivity contribution in [3.05, 3.63) is 80.9 Å². The van der Waals surface area contributed by atoms with Crippen LogP contribution in [0.1, 0.15) is 5.56 Å². The van der Waals surface area contributed by atoms with Gasteiger partial charge in [-0.05, 0) is 18.2 Å². The average molecular weight is 344 g/mol. The molecule has 26 heavy (non-hydrogen) atoms. The van der Waals surface area contributed by atoms with Crippen LogP contribution in [0.3, 0.4) is 0 Å². The van der Waals surface area contributed by atoms with Crippen molar-refractivity contribution in [2.45, 2.75) is 0 Å². The first kappa shape index (κ1) is 14.6. The molecule has 0 spiro atoms. The zero-order valence-corrected chi connectivity index (χ0v) is 13.6. The number of hydrogen-bond acceptors (Lipinski definition) is 4. The van der Waals surface area contributed by atoms with Gasteiger partial charge >= 0.3 is 0 Å². The second kappa shape index (κ2) is 5.14. The van der Waals surface area contributed by atoms with Crippen LogP contribution in [0, 0.1) is 0 Å². The Balaban J connectivity index is 2.00. The Morgan fingerprint density at radius 1 is 1.00 bits per heavy atom. The van der Waals surface area contributed by atoms with Crippen molar-refractivity contribution in [1.29, 1.82) is 0 Å². The fraction of sp³-hybridized carbons (Fsp3) is 0. The molecule has 0 atom stereocenters. The minimum atomic E-state index is -0.379. The molecule has 0 unspecified atom stereocenters. The van der Waals surface area contributed by atoms with Gasteiger partial charge in [0.25, 0.3) is 11.1 Å². The van der Waals surface area contributed by atoms with Crippen molar-refractivity contribution in [1.82, 2.24) is 9.38 Å². The Kier molecular flexibility index (Phi) is 2.89. The van der Waals surface area contributed by atoms with Crippen LogP contribution >= 0.6 is 0 Å². The van der Waals surface area contributed by atoms with Gasteiger partial charge in [-0.3, -0.25) is 19.3 Å². The Morgan fingerprint density at radius 3 is 2.65 bits per heavy atom. The van der Waals surface area contributed by atoms with Crippen molar-refractivity contribution in [2.75, 3.05) is 0 Å². The Morgan fingerprint density at radius 2 is 1.77 bits per heavy atom. The van der Waals surface area contributed by atoms with Crippen LogP contribution in [-0.2, 0) is 0 Å². The number of para-hydroxylation sites is 4. The second-order valence-electron chi connectivity index (χ2n) is 6.17. The fourth-order valence-electron chi connectivity index (χ4n) is 3.49. The molecule has 0 saturated carbocycles. The van der Waals surface area contributed by atoms with Gasteiger partial charge in [0.05, 0.1) is 17.1 Å². The van der Waals surface area contributed by atoms with E-state index in [-0.39, 0.29) is 22.5 Å². The molecular formula is C19H14N5O2+. The number of pyridine rings is 1. The van der Waals surface area contributed by atoms with E-state index in [2.05, 4.69) is 9.98 Å². The third-order valence-electron chi connectivity index (χ3n) is 4.60. The number of fused-ring (bicyclic) bond motifs is 6. The Hall–Kier alpha value is -3.71. The van der Waals surface area contributed by atoms with Crippen LogP contribution in [0.4, 0.5) is 17.1 Å². The summed E-state index contributed by atoms with van der Waals surface area (Å²) in [5.41, 5.74) is 9.58. The summed E-state index contributed by atoms with van der Waals surface area (Å²) in [5, 5.41) is 1.84. The lowest BCUT2D eigenvalue weighted by Gasteiger charge is -2.10. The molecule has 7 nitrogen and oxygen atoms in total. The number of rotatable bonds is 0. The molecule has 0 aliphatic carbocycles. The summed E-state index contributed by atoms with van der Waals surface area (Å²) >= 11 is 0. The van der Waals surface area contributed by atoms with Crippen LogP contribution in [0.25, 0.3) is 16.6 Å². The number of aromatic amines is 1. The molecular weight excluding hydrogens is 330 g/mol. The third kappa shape index (κ3) is 1.95. The molecule has 7 heteroatoms. The molecule has 3 heterocycles. The van der Waals surface area contributed by atoms with Crippen molar-refractivity contribution in [3.8, 4) is 0 Å². The molecule has 1 aliphatic heterocycles. The van der Waals surface area contributed by atoms with Gasteiger partial charge in [-0.1, -0.05) is 24.3 Å². The highest BCUT2D eigenvalue weighted by atomic mass is 16.1. The first-order chi connectivity index (χ1) is 12.6. The smallest absolute Gasteiger partial charge is 0.273 e. The van der Waals surface area contributed by atoms with Gasteiger partial charge < -0.3 is 10.7 Å². The highest BCUT2D eigenvalue weighted by Gasteiger charge is 2.25. The van der Waals surface area contributed by atoms with Gasteiger partial charge in [0.15, 0.2) is 11.4 Å². The normalized spacial score (nSPS) is 13.2. The van der Waals surface area contributed by atoms with Crippen molar-refractivity contribution in [3.63, 3.8) is 0 Å². The van der Waals surface area contributed by atoms with E-state index in [4.69, 9.17) is 5.73 Å². The molecule has 5 rings (SSSR count). The van der Waals surface area contributed by atoms with Crippen molar-refractivity contribution >= 4 is 39.4 Å². The van der Waals surface area contributed by atoms with Crippen LogP contribution in [0.15, 0.2) is 69.2 Å². The average Bonchev–Trinajstić information content (AvgIpc) is 2.77. The first-order valence-corrected chi connectivity index (χ1v) is 8.12. The number of amidine groups is 1. The Labute approximate surface area is 146 Å². The maximum absolute atomic E-state index is 12.9. The molecule has 0 saturated heterocycles. The lowest BCUT2D eigenvalue weighted by Crippen LogP contribution is -2.71. The van der Waals surface area contributed by atoms with E-state index in [9.17, 15) is 9.59 Å². The summed E-state index contributed by atoms with van der Waals surface area (Å²) in [6, 6.07) is 16.2. The van der Waals surface area contributed by atoms with E-state index in [1.165, 1.54) is 10.5 Å². The number of aliphatic imine (C=N–C) groups is 1. The maximum atomic E-state index is 12.9.